The SMILES string of the molecule is CCCNC(=S)Nc1ccc2c(c1)C(CC(=O)O)(CC(=O)O)c1cc(C#Cc3cc(CN(CC(=O)O)Cc4cc(C#Cc5c(OCC)cc(OCC(=O)O)cc5OCC)cc(OC=O)n4)nc(CN(COC=O)Cc4cc(C#Cc5c(OCC(=O)O)cc(OCC)cc5OCC(=O)O)cc(C(=O)O)n4)c3)ccc1-2. The Balaban J connectivity index is 1.24. The van der Waals surface area contributed by atoms with E-state index in [9.17, 15) is 78.9 Å². The van der Waals surface area contributed by atoms with E-state index in [0.717, 1.165) is 12.5 Å². The molecular formula is C76H71N7O24S. The molecule has 0 bridgehead atoms. The zero-order valence-corrected chi connectivity index (χ0v) is 59.2. The molecule has 32 heteroatoms. The van der Waals surface area contributed by atoms with Crippen molar-refractivity contribution in [2.24, 2.45) is 0 Å². The zero-order valence-electron chi connectivity index (χ0n) is 58.4. The lowest BCUT2D eigenvalue weighted by atomic mass is 9.72. The maximum absolute atomic E-state index is 12.9. The van der Waals surface area contributed by atoms with Crippen LogP contribution in [0.5, 0.6) is 40.4 Å². The van der Waals surface area contributed by atoms with Gasteiger partial charge in [-0.1, -0.05) is 54.6 Å². The molecule has 3 aromatic heterocycles. The van der Waals surface area contributed by atoms with Crippen LogP contribution in [-0.2, 0) is 74.7 Å². The number of carboxylic acids is 7. The molecule has 0 saturated heterocycles. The van der Waals surface area contributed by atoms with Crippen LogP contribution in [-0.4, -0.2) is 180 Å². The van der Waals surface area contributed by atoms with E-state index in [4.69, 9.17) is 55.1 Å². The molecule has 0 fully saturated rings. The van der Waals surface area contributed by atoms with Crippen LogP contribution in [0.15, 0.2) is 97.1 Å². The van der Waals surface area contributed by atoms with Gasteiger partial charge in [0.25, 0.3) is 12.9 Å². The fraction of sp³-hybridized carbons (Fsp3) is 0.276. The van der Waals surface area contributed by atoms with Crippen molar-refractivity contribution in [1.29, 1.82) is 0 Å². The minimum absolute atomic E-state index is 0.00682. The van der Waals surface area contributed by atoms with Crippen molar-refractivity contribution in [3.8, 4) is 87.0 Å². The minimum Gasteiger partial charge on any atom is -0.494 e. The van der Waals surface area contributed by atoms with Gasteiger partial charge in [-0.3, -0.25) is 38.8 Å². The van der Waals surface area contributed by atoms with Gasteiger partial charge in [0.05, 0.1) is 62.0 Å². The number of aromatic carboxylic acids is 1. The molecule has 0 unspecified atom stereocenters. The number of carbonyl (C=O) groups excluding carboxylic acids is 2. The Morgan fingerprint density at radius 1 is 0.491 bits per heavy atom. The van der Waals surface area contributed by atoms with Crippen LogP contribution in [0.2, 0.25) is 0 Å². The van der Waals surface area contributed by atoms with Crippen molar-refractivity contribution >= 4 is 77.7 Å². The highest BCUT2D eigenvalue weighted by molar-refractivity contribution is 7.80. The van der Waals surface area contributed by atoms with Gasteiger partial charge in [0.15, 0.2) is 24.9 Å². The lowest BCUT2D eigenvalue weighted by molar-refractivity contribution is -0.142. The van der Waals surface area contributed by atoms with Crippen LogP contribution >= 0.6 is 12.2 Å². The summed E-state index contributed by atoms with van der Waals surface area (Å²) in [4.78, 5) is 127. The molecule has 8 rings (SSSR count). The van der Waals surface area contributed by atoms with E-state index in [1.807, 2.05) is 6.92 Å². The molecule has 4 aromatic carbocycles. The standard InChI is InChI=1S/C76H71N7O24S/c1-5-19-77-75(108)81-49-14-18-57-56-15-11-45(24-60(56)76(32-68(86)87,33-69(88)89)61(57)27-49)9-10-46-20-50(34-82(38-70(90)91)35-53-23-48(26-67(80-53)107-44-85)13-17-58-63(102-7-3)30-55(104-39-71(92)93)31-64(58)103-8-4)78-51(21-46)36-83(42-100-43-84)37-52-22-47(25-62(79-52)74(98)99)12-16-59-65(105-40-72(94)95)28-54(101-6-2)29-66(59)106-41-73(96)97/h11,14-15,18,20-31,43-44H,5-8,19,32-42H2,1-4H3,(H,86,87)(H,88,89)(H,90,91)(H,92,93)(H,94,95)(H,96,97)(H,98,99)(H2,77,81,108). The van der Waals surface area contributed by atoms with E-state index in [-0.39, 0.29) is 150 Å². The van der Waals surface area contributed by atoms with E-state index in [0.29, 0.717) is 45.2 Å². The number of thiocarbonyl (C=S) groups is 1. The summed E-state index contributed by atoms with van der Waals surface area (Å²) in [6, 6.07) is 24.2. The number of aliphatic carboxylic acids is 6. The zero-order chi connectivity index (χ0) is 78.0. The Bertz CT molecular complexity index is 4740. The number of carbonyl (C=O) groups is 9. The molecule has 3 heterocycles. The lowest BCUT2D eigenvalue weighted by Gasteiger charge is -2.29. The maximum atomic E-state index is 12.9. The van der Waals surface area contributed by atoms with Gasteiger partial charge < -0.3 is 84.3 Å². The molecule has 108 heavy (non-hydrogen) atoms. The topological polar surface area (TPSA) is 438 Å². The summed E-state index contributed by atoms with van der Waals surface area (Å²) in [5, 5.41) is 76.6. The number of carboxylic acid groups (broad SMARTS) is 7. The number of fused-ring (bicyclic) bond motifs is 3. The second-order valence-corrected chi connectivity index (χ2v) is 23.9. The molecular weight excluding hydrogens is 1430 g/mol. The van der Waals surface area contributed by atoms with Gasteiger partial charge >= 0.3 is 41.8 Å². The number of hydrogen-bond acceptors (Lipinski definition) is 23. The third-order valence-corrected chi connectivity index (χ3v) is 15.7. The summed E-state index contributed by atoms with van der Waals surface area (Å²) in [6.07, 6.45) is -0.490. The largest absolute Gasteiger partial charge is 0.494 e. The molecule has 9 N–H and O–H groups in total. The second kappa shape index (κ2) is 38.4. The summed E-state index contributed by atoms with van der Waals surface area (Å²) < 4.78 is 44.3. The predicted molar refractivity (Wildman–Crippen MR) is 385 cm³/mol. The second-order valence-electron chi connectivity index (χ2n) is 23.5. The number of nitrogens with one attached hydrogen (secondary N) is 2. The van der Waals surface area contributed by atoms with Gasteiger partial charge in [-0.25, -0.2) is 29.1 Å². The highest BCUT2D eigenvalue weighted by Crippen LogP contribution is 2.54. The summed E-state index contributed by atoms with van der Waals surface area (Å²) in [5.41, 5.74) is 1.69. The Kier molecular flexibility index (Phi) is 28.6. The van der Waals surface area contributed by atoms with Gasteiger partial charge in [0.1, 0.15) is 58.0 Å². The molecule has 1 aliphatic rings. The van der Waals surface area contributed by atoms with Gasteiger partial charge in [-0.15, -0.1) is 0 Å². The Hall–Kier alpha value is -13.4. The van der Waals surface area contributed by atoms with Gasteiger partial charge in [-0.2, -0.15) is 0 Å². The molecule has 31 nitrogen and oxygen atoms in total. The van der Waals surface area contributed by atoms with Crippen molar-refractivity contribution in [2.45, 2.75) is 78.6 Å². The average Bonchev–Trinajstić information content (AvgIpc) is 1.56. The summed E-state index contributed by atoms with van der Waals surface area (Å²) in [5.74, 6) is 8.55. The number of pyridine rings is 3. The van der Waals surface area contributed by atoms with Crippen LogP contribution in [0.3, 0.4) is 0 Å². The molecule has 560 valence electrons. The molecule has 0 aliphatic heterocycles. The van der Waals surface area contributed by atoms with Crippen molar-refractivity contribution in [1.82, 2.24) is 30.1 Å². The van der Waals surface area contributed by atoms with Crippen molar-refractivity contribution in [3.63, 3.8) is 0 Å². The predicted octanol–water partition coefficient (Wildman–Crippen LogP) is 7.02. The summed E-state index contributed by atoms with van der Waals surface area (Å²) in [6.45, 7) is 3.70. The minimum atomic E-state index is -1.62. The molecule has 0 atom stereocenters. The quantitative estimate of drug-likeness (QED) is 0.00812. The van der Waals surface area contributed by atoms with Crippen LogP contribution in [0.1, 0.15) is 125 Å². The number of benzene rings is 4. The summed E-state index contributed by atoms with van der Waals surface area (Å²) in [7, 11) is 0. The number of anilines is 1. The lowest BCUT2D eigenvalue weighted by Crippen LogP contribution is -2.32. The first-order valence-electron chi connectivity index (χ1n) is 33.0. The van der Waals surface area contributed by atoms with E-state index in [1.165, 1.54) is 52.3 Å². The van der Waals surface area contributed by atoms with Crippen LogP contribution in [0.4, 0.5) is 5.69 Å². The van der Waals surface area contributed by atoms with Crippen LogP contribution in [0, 0.1) is 35.5 Å². The first-order chi connectivity index (χ1) is 51.8. The van der Waals surface area contributed by atoms with Crippen LogP contribution < -0.4 is 43.8 Å². The van der Waals surface area contributed by atoms with Gasteiger partial charge in [0, 0.05) is 96.4 Å². The molecule has 7 aromatic rings. The summed E-state index contributed by atoms with van der Waals surface area (Å²) >= 11 is 5.50. The van der Waals surface area contributed by atoms with E-state index in [2.05, 4.69) is 56.1 Å². The fourth-order valence-electron chi connectivity index (χ4n) is 11.5. The number of ether oxygens (including phenoxy) is 8. The Morgan fingerprint density at radius 3 is 1.47 bits per heavy atom. The maximum Gasteiger partial charge on any atom is 0.354 e. The number of hydrogen-bond donors (Lipinski definition) is 9. The van der Waals surface area contributed by atoms with Crippen molar-refractivity contribution in [2.75, 3.05) is 64.8 Å². The van der Waals surface area contributed by atoms with Crippen molar-refractivity contribution in [3.05, 3.63) is 170 Å². The first-order valence-corrected chi connectivity index (χ1v) is 33.4. The van der Waals surface area contributed by atoms with Crippen LogP contribution in [0.25, 0.3) is 11.1 Å². The highest BCUT2D eigenvalue weighted by Gasteiger charge is 2.47. The third-order valence-electron chi connectivity index (χ3n) is 15.4. The van der Waals surface area contributed by atoms with E-state index in [1.54, 1.807) is 69.3 Å². The monoisotopic (exact) mass is 1500 g/mol. The smallest absolute Gasteiger partial charge is 0.354 e. The fourth-order valence-corrected chi connectivity index (χ4v) is 11.7. The van der Waals surface area contributed by atoms with Gasteiger partial charge in [-0.05, 0) is 116 Å². The average molecular weight is 1500 g/mol. The number of nitrogens with zero attached hydrogens (tertiary/aromatic N) is 5. The number of rotatable bonds is 38. The number of aromatic nitrogens is 3. The Morgan fingerprint density at radius 2 is 0.963 bits per heavy atom. The van der Waals surface area contributed by atoms with E-state index >= 15 is 0 Å². The Labute approximate surface area is 622 Å². The molecule has 1 aliphatic carbocycles. The first kappa shape index (κ1) is 80.3. The molecule has 0 spiro atoms. The molecule has 0 saturated carbocycles. The van der Waals surface area contributed by atoms with Gasteiger partial charge in [0.2, 0.25) is 5.88 Å². The van der Waals surface area contributed by atoms with E-state index < -0.39 is 98.8 Å². The van der Waals surface area contributed by atoms with Crippen molar-refractivity contribution < 1.29 is 117 Å². The molecule has 0 radical (unpaired) electrons. The highest BCUT2D eigenvalue weighted by atomic mass is 32.1. The normalized spacial score (nSPS) is 11.3. The molecule has 0 amide bonds. The third kappa shape index (κ3) is 22.8.